The average Bonchev–Trinajstić information content (AvgIpc) is 2.88. The number of aromatic hydroxyl groups is 2. The Balaban J connectivity index is 1.76. The summed E-state index contributed by atoms with van der Waals surface area (Å²) in [6.07, 6.45) is 3.40. The van der Waals surface area contributed by atoms with Crippen molar-refractivity contribution in [3.8, 4) is 22.6 Å². The van der Waals surface area contributed by atoms with Gasteiger partial charge in [0.1, 0.15) is 11.5 Å². The minimum atomic E-state index is -0.221. The number of hydrogen-bond acceptors (Lipinski definition) is 4. The van der Waals surface area contributed by atoms with E-state index in [-0.39, 0.29) is 22.3 Å². The molecule has 0 saturated heterocycles. The van der Waals surface area contributed by atoms with Crippen LogP contribution in [-0.4, -0.2) is 22.6 Å². The van der Waals surface area contributed by atoms with E-state index < -0.39 is 0 Å². The van der Waals surface area contributed by atoms with E-state index in [4.69, 9.17) is 9.98 Å². The molecule has 0 heterocycles. The topological polar surface area (TPSA) is 65.2 Å². The predicted molar refractivity (Wildman–Crippen MR) is 175 cm³/mol. The van der Waals surface area contributed by atoms with Crippen molar-refractivity contribution in [2.75, 3.05) is 0 Å². The zero-order chi connectivity index (χ0) is 29.2. The van der Waals surface area contributed by atoms with Gasteiger partial charge in [-0.25, -0.2) is 0 Å². The van der Waals surface area contributed by atoms with Crippen LogP contribution >= 0.6 is 31.9 Å². The molecule has 0 amide bonds. The highest BCUT2D eigenvalue weighted by Crippen LogP contribution is 2.39. The van der Waals surface area contributed by atoms with Crippen LogP contribution in [0.25, 0.3) is 11.1 Å². The summed E-state index contributed by atoms with van der Waals surface area (Å²) in [5.41, 5.74) is 5.86. The molecule has 0 aliphatic heterocycles. The highest BCUT2D eigenvalue weighted by atomic mass is 79.9. The van der Waals surface area contributed by atoms with Gasteiger partial charge in [-0.15, -0.1) is 0 Å². The highest BCUT2D eigenvalue weighted by Gasteiger charge is 2.22. The molecule has 4 rings (SSSR count). The lowest BCUT2D eigenvalue weighted by atomic mass is 9.85. The Labute approximate surface area is 253 Å². The summed E-state index contributed by atoms with van der Waals surface area (Å²) >= 11 is 7.16. The van der Waals surface area contributed by atoms with Gasteiger partial charge in [0, 0.05) is 54.8 Å². The lowest BCUT2D eigenvalue weighted by molar-refractivity contribution is 0.445. The monoisotopic (exact) mass is 660 g/mol. The molecule has 0 spiro atoms. The fourth-order valence-corrected chi connectivity index (χ4v) is 5.44. The van der Waals surface area contributed by atoms with Crippen molar-refractivity contribution in [3.05, 3.63) is 104 Å². The van der Waals surface area contributed by atoms with E-state index >= 15 is 0 Å². The summed E-state index contributed by atoms with van der Waals surface area (Å²) in [6, 6.07) is 23.4. The number of phenols is 2. The fourth-order valence-electron chi connectivity index (χ4n) is 4.49. The van der Waals surface area contributed by atoms with Crippen molar-refractivity contribution < 1.29 is 10.2 Å². The van der Waals surface area contributed by atoms with Crippen LogP contribution in [0.15, 0.2) is 91.7 Å². The van der Waals surface area contributed by atoms with Gasteiger partial charge in [-0.2, -0.15) is 0 Å². The lowest BCUT2D eigenvalue weighted by Crippen LogP contribution is -2.12. The third-order valence-electron chi connectivity index (χ3n) is 6.61. The standard InChI is InChI=1S/C34H34Br2N2O2/c1-33(2,3)27-17-23(35)15-21(31(27)39)19-37-29-13-9-7-11-25(29)26-12-8-10-14-30(26)38-20-22-16-24(36)18-28(32(22)40)34(4,5)6/h7-20,39-40H,1-6H3. The molecule has 0 aliphatic rings. The first-order valence-electron chi connectivity index (χ1n) is 13.1. The van der Waals surface area contributed by atoms with Gasteiger partial charge in [-0.05, 0) is 47.2 Å². The smallest absolute Gasteiger partial charge is 0.128 e. The SMILES string of the molecule is CC(C)(C)c1cc(Br)cc(C=Nc2ccccc2-c2ccccc2N=Cc2cc(Br)cc(C(C)(C)C)c2O)c1O. The number of halogens is 2. The van der Waals surface area contributed by atoms with Crippen molar-refractivity contribution in [2.24, 2.45) is 9.98 Å². The molecule has 4 nitrogen and oxygen atoms in total. The summed E-state index contributed by atoms with van der Waals surface area (Å²) in [5.74, 6) is 0.454. The van der Waals surface area contributed by atoms with E-state index in [1.54, 1.807) is 12.4 Å². The van der Waals surface area contributed by atoms with Gasteiger partial charge in [0.2, 0.25) is 0 Å². The second kappa shape index (κ2) is 11.7. The van der Waals surface area contributed by atoms with E-state index in [0.29, 0.717) is 11.1 Å². The molecule has 0 saturated carbocycles. The van der Waals surface area contributed by atoms with Gasteiger partial charge < -0.3 is 10.2 Å². The van der Waals surface area contributed by atoms with Gasteiger partial charge in [0.25, 0.3) is 0 Å². The molecule has 40 heavy (non-hydrogen) atoms. The first kappa shape index (κ1) is 29.8. The summed E-state index contributed by atoms with van der Waals surface area (Å²) in [4.78, 5) is 9.60. The van der Waals surface area contributed by atoms with Crippen LogP contribution in [0.2, 0.25) is 0 Å². The summed E-state index contributed by atoms with van der Waals surface area (Å²) in [7, 11) is 0. The molecule has 0 atom stereocenters. The van der Waals surface area contributed by atoms with Gasteiger partial charge in [0.05, 0.1) is 11.4 Å². The van der Waals surface area contributed by atoms with Crippen molar-refractivity contribution >= 4 is 55.7 Å². The van der Waals surface area contributed by atoms with Gasteiger partial charge in [-0.3, -0.25) is 9.98 Å². The number of rotatable bonds is 5. The summed E-state index contributed by atoms with van der Waals surface area (Å²) in [6.45, 7) is 12.4. The summed E-state index contributed by atoms with van der Waals surface area (Å²) in [5, 5.41) is 22.0. The van der Waals surface area contributed by atoms with Crippen molar-refractivity contribution in [1.82, 2.24) is 0 Å². The van der Waals surface area contributed by atoms with E-state index in [0.717, 1.165) is 42.6 Å². The molecule has 0 unspecified atom stereocenters. The Bertz CT molecular complexity index is 1490. The number of phenolic OH excluding ortho intramolecular Hbond substituents is 2. The van der Waals surface area contributed by atoms with Crippen LogP contribution in [0.4, 0.5) is 11.4 Å². The third-order valence-corrected chi connectivity index (χ3v) is 7.52. The molecule has 0 bridgehead atoms. The molecular formula is C34H34Br2N2O2. The van der Waals surface area contributed by atoms with Crippen LogP contribution in [0.1, 0.15) is 63.8 Å². The first-order chi connectivity index (χ1) is 18.8. The Morgan fingerprint density at radius 1 is 0.575 bits per heavy atom. The Kier molecular flexibility index (Phi) is 8.72. The maximum atomic E-state index is 11.0. The number of hydrogen-bond donors (Lipinski definition) is 2. The van der Waals surface area contributed by atoms with Crippen molar-refractivity contribution in [3.63, 3.8) is 0 Å². The molecule has 4 aromatic rings. The average molecular weight is 662 g/mol. The van der Waals surface area contributed by atoms with Crippen LogP contribution in [-0.2, 0) is 10.8 Å². The zero-order valence-electron chi connectivity index (χ0n) is 23.6. The predicted octanol–water partition coefficient (Wildman–Crippen LogP) is 10.4. The van der Waals surface area contributed by atoms with Gasteiger partial charge >= 0.3 is 0 Å². The molecule has 6 heteroatoms. The largest absolute Gasteiger partial charge is 0.507 e. The zero-order valence-corrected chi connectivity index (χ0v) is 26.8. The fraction of sp³-hybridized carbons (Fsp3) is 0.235. The quantitative estimate of drug-likeness (QED) is 0.209. The molecule has 2 N–H and O–H groups in total. The van der Waals surface area contributed by atoms with Crippen LogP contribution in [0.3, 0.4) is 0 Å². The maximum absolute atomic E-state index is 11.0. The molecule has 206 valence electrons. The van der Waals surface area contributed by atoms with Crippen molar-refractivity contribution in [2.45, 2.75) is 52.4 Å². The van der Waals surface area contributed by atoms with Crippen LogP contribution < -0.4 is 0 Å². The Hall–Kier alpha value is -3.22. The lowest BCUT2D eigenvalue weighted by Gasteiger charge is -2.21. The second-order valence-electron chi connectivity index (χ2n) is 11.8. The highest BCUT2D eigenvalue weighted by molar-refractivity contribution is 9.10. The normalized spacial score (nSPS) is 12.5. The van der Waals surface area contributed by atoms with E-state index in [2.05, 4.69) is 73.4 Å². The third kappa shape index (κ3) is 6.73. The van der Waals surface area contributed by atoms with Crippen LogP contribution in [0, 0.1) is 0 Å². The molecule has 0 fully saturated rings. The van der Waals surface area contributed by atoms with Gasteiger partial charge in [0.15, 0.2) is 0 Å². The van der Waals surface area contributed by atoms with E-state index in [1.807, 2.05) is 72.8 Å². The Morgan fingerprint density at radius 3 is 1.27 bits per heavy atom. The number of benzene rings is 4. The Morgan fingerprint density at radius 2 is 0.925 bits per heavy atom. The molecule has 0 aromatic heterocycles. The minimum absolute atomic E-state index is 0.221. The second-order valence-corrected chi connectivity index (χ2v) is 13.7. The van der Waals surface area contributed by atoms with E-state index in [1.165, 1.54) is 0 Å². The minimum Gasteiger partial charge on any atom is -0.507 e. The first-order valence-corrected chi connectivity index (χ1v) is 14.7. The van der Waals surface area contributed by atoms with Crippen molar-refractivity contribution in [1.29, 1.82) is 0 Å². The van der Waals surface area contributed by atoms with E-state index in [9.17, 15) is 10.2 Å². The number of para-hydroxylation sites is 2. The van der Waals surface area contributed by atoms with Gasteiger partial charge in [-0.1, -0.05) is 110 Å². The molecule has 4 aromatic carbocycles. The molecular weight excluding hydrogens is 628 g/mol. The molecule has 0 aliphatic carbocycles. The summed E-state index contributed by atoms with van der Waals surface area (Å²) < 4.78 is 1.77. The van der Waals surface area contributed by atoms with Crippen LogP contribution in [0.5, 0.6) is 11.5 Å². The number of nitrogens with zero attached hydrogens (tertiary/aromatic N) is 2. The molecule has 0 radical (unpaired) electrons. The maximum Gasteiger partial charge on any atom is 0.128 e. The number of aliphatic imine (C=N–C) groups is 2.